The molecule has 0 spiro atoms. The first-order valence-corrected chi connectivity index (χ1v) is 11.1. The zero-order valence-corrected chi connectivity index (χ0v) is 19.0. The van der Waals surface area contributed by atoms with Gasteiger partial charge in [-0.2, -0.15) is 0 Å². The van der Waals surface area contributed by atoms with Gasteiger partial charge in [0.2, 0.25) is 5.91 Å². The Bertz CT molecular complexity index is 1020. The minimum Gasteiger partial charge on any atom is -0.483 e. The summed E-state index contributed by atoms with van der Waals surface area (Å²) in [5.41, 5.74) is 2.93. The Kier molecular flexibility index (Phi) is 7.39. The highest BCUT2D eigenvalue weighted by Gasteiger charge is 2.18. The second kappa shape index (κ2) is 10.00. The Morgan fingerprint density at radius 2 is 1.97 bits per heavy atom. The number of hydrogen-bond acceptors (Lipinski definition) is 5. The normalized spacial score (nSPS) is 11.9. The number of aryl methyl sites for hydroxylation is 2. The van der Waals surface area contributed by atoms with Gasteiger partial charge in [0.15, 0.2) is 17.1 Å². The fraction of sp³-hybridized carbons (Fsp3) is 0.318. The Balaban J connectivity index is 1.58. The van der Waals surface area contributed by atoms with Crippen LogP contribution in [0.2, 0.25) is 5.02 Å². The Labute approximate surface area is 186 Å². The van der Waals surface area contributed by atoms with Crippen molar-refractivity contribution in [3.8, 4) is 5.75 Å². The van der Waals surface area contributed by atoms with E-state index in [1.165, 1.54) is 17.3 Å². The highest BCUT2D eigenvalue weighted by atomic mass is 35.5. The van der Waals surface area contributed by atoms with Crippen LogP contribution < -0.4 is 10.1 Å². The minimum atomic E-state index is -0.269. The van der Waals surface area contributed by atoms with E-state index < -0.39 is 0 Å². The molecule has 0 saturated heterocycles. The summed E-state index contributed by atoms with van der Waals surface area (Å²) >= 11 is 7.29. The van der Waals surface area contributed by atoms with Gasteiger partial charge in [0.25, 0.3) is 0 Å². The van der Waals surface area contributed by atoms with Crippen molar-refractivity contribution in [2.45, 2.75) is 38.5 Å². The number of rotatable bonds is 8. The maximum atomic E-state index is 12.3. The summed E-state index contributed by atoms with van der Waals surface area (Å²) in [4.78, 5) is 12.3. The average Bonchev–Trinajstić information content (AvgIpc) is 3.09. The van der Waals surface area contributed by atoms with E-state index in [4.69, 9.17) is 16.3 Å². The van der Waals surface area contributed by atoms with Crippen LogP contribution in [0.4, 0.5) is 5.69 Å². The third kappa shape index (κ3) is 5.55. The maximum Gasteiger partial charge on any atom is 0.234 e. The summed E-state index contributed by atoms with van der Waals surface area (Å²) in [6.45, 7) is 5.96. The molecule has 158 valence electrons. The van der Waals surface area contributed by atoms with E-state index in [1.807, 2.05) is 43.7 Å². The number of amides is 1. The number of nitrogens with one attached hydrogen (secondary N) is 1. The zero-order valence-electron chi connectivity index (χ0n) is 17.5. The van der Waals surface area contributed by atoms with Crippen LogP contribution >= 0.6 is 23.4 Å². The van der Waals surface area contributed by atoms with E-state index in [0.717, 1.165) is 23.4 Å². The molecule has 2 aromatic carbocycles. The molecule has 0 saturated carbocycles. The second-order valence-corrected chi connectivity index (χ2v) is 8.33. The molecule has 0 aliphatic heterocycles. The number of aromatic nitrogens is 3. The fourth-order valence-electron chi connectivity index (χ4n) is 2.95. The van der Waals surface area contributed by atoms with E-state index in [2.05, 4.69) is 34.6 Å². The van der Waals surface area contributed by atoms with Gasteiger partial charge in [0.1, 0.15) is 5.75 Å². The lowest BCUT2D eigenvalue weighted by atomic mass is 10.2. The molecule has 0 unspecified atom stereocenters. The van der Waals surface area contributed by atoms with Gasteiger partial charge >= 0.3 is 0 Å². The third-order valence-corrected chi connectivity index (χ3v) is 5.93. The number of anilines is 1. The Morgan fingerprint density at radius 1 is 1.23 bits per heavy atom. The van der Waals surface area contributed by atoms with E-state index >= 15 is 0 Å². The van der Waals surface area contributed by atoms with Crippen LogP contribution in [0.25, 0.3) is 0 Å². The quantitative estimate of drug-likeness (QED) is 0.483. The van der Waals surface area contributed by atoms with Crippen molar-refractivity contribution in [2.75, 3.05) is 11.1 Å². The standard InChI is InChI=1S/C22H25ClN4O2S/c1-5-16-6-9-18(10-7-16)29-15(3)21-25-26-22(27(21)4)30-13-20(28)24-19-11-8-17(23)12-14(19)2/h6-12,15H,5,13H2,1-4H3,(H,24,28)/t15-/m0/s1. The summed E-state index contributed by atoms with van der Waals surface area (Å²) < 4.78 is 7.86. The van der Waals surface area contributed by atoms with Gasteiger partial charge in [-0.05, 0) is 61.7 Å². The van der Waals surface area contributed by atoms with Crippen molar-refractivity contribution in [1.29, 1.82) is 0 Å². The molecule has 0 aliphatic rings. The number of carbonyl (C=O) groups excluding carboxylic acids is 1. The fourth-order valence-corrected chi connectivity index (χ4v) is 3.89. The lowest BCUT2D eigenvalue weighted by Crippen LogP contribution is -2.15. The zero-order chi connectivity index (χ0) is 21.7. The molecule has 0 bridgehead atoms. The number of hydrogen-bond donors (Lipinski definition) is 1. The minimum absolute atomic E-state index is 0.115. The molecular formula is C22H25ClN4O2S. The molecule has 1 aromatic heterocycles. The van der Waals surface area contributed by atoms with Crippen LogP contribution in [0.15, 0.2) is 47.6 Å². The number of thioether (sulfide) groups is 1. The first-order chi connectivity index (χ1) is 14.4. The average molecular weight is 445 g/mol. The SMILES string of the molecule is CCc1ccc(O[C@@H](C)c2nnc(SCC(=O)Nc3ccc(Cl)cc3C)n2C)cc1. The van der Waals surface area contributed by atoms with E-state index in [-0.39, 0.29) is 17.8 Å². The van der Waals surface area contributed by atoms with E-state index in [9.17, 15) is 4.79 Å². The number of halogens is 1. The topological polar surface area (TPSA) is 69.0 Å². The Hall–Kier alpha value is -2.51. The summed E-state index contributed by atoms with van der Waals surface area (Å²) in [7, 11) is 1.87. The molecule has 8 heteroatoms. The molecule has 1 heterocycles. The van der Waals surface area contributed by atoms with Crippen LogP contribution in [-0.2, 0) is 18.3 Å². The molecule has 1 amide bonds. The molecular weight excluding hydrogens is 420 g/mol. The summed E-state index contributed by atoms with van der Waals surface area (Å²) in [6.07, 6.45) is 0.722. The molecule has 30 heavy (non-hydrogen) atoms. The van der Waals surface area contributed by atoms with Gasteiger partial charge in [0, 0.05) is 17.8 Å². The van der Waals surface area contributed by atoms with Crippen LogP contribution in [-0.4, -0.2) is 26.4 Å². The van der Waals surface area contributed by atoms with Gasteiger partial charge in [-0.15, -0.1) is 10.2 Å². The predicted octanol–water partition coefficient (Wildman–Crippen LogP) is 5.21. The summed E-state index contributed by atoms with van der Waals surface area (Å²) in [5, 5.41) is 12.7. The maximum absolute atomic E-state index is 12.3. The van der Waals surface area contributed by atoms with Gasteiger partial charge in [0.05, 0.1) is 5.75 Å². The molecule has 1 atom stereocenters. The second-order valence-electron chi connectivity index (χ2n) is 6.95. The van der Waals surface area contributed by atoms with Gasteiger partial charge in [-0.3, -0.25) is 4.79 Å². The van der Waals surface area contributed by atoms with Crippen molar-refractivity contribution in [1.82, 2.24) is 14.8 Å². The van der Waals surface area contributed by atoms with Crippen LogP contribution in [0.5, 0.6) is 5.75 Å². The molecule has 3 rings (SSSR count). The number of carbonyl (C=O) groups is 1. The van der Waals surface area contributed by atoms with Crippen molar-refractivity contribution in [2.24, 2.45) is 7.05 Å². The van der Waals surface area contributed by atoms with Crippen molar-refractivity contribution in [3.63, 3.8) is 0 Å². The molecule has 1 N–H and O–H groups in total. The monoisotopic (exact) mass is 444 g/mol. The highest BCUT2D eigenvalue weighted by Crippen LogP contribution is 2.25. The third-order valence-electron chi connectivity index (χ3n) is 4.67. The van der Waals surface area contributed by atoms with Gasteiger partial charge < -0.3 is 14.6 Å². The van der Waals surface area contributed by atoms with E-state index in [1.54, 1.807) is 12.1 Å². The molecule has 0 radical (unpaired) electrons. The first-order valence-electron chi connectivity index (χ1n) is 9.71. The number of nitrogens with zero attached hydrogens (tertiary/aromatic N) is 3. The predicted molar refractivity (Wildman–Crippen MR) is 121 cm³/mol. The van der Waals surface area contributed by atoms with Crippen LogP contribution in [0, 0.1) is 6.92 Å². The van der Waals surface area contributed by atoms with Crippen molar-refractivity contribution in [3.05, 3.63) is 64.4 Å². The van der Waals surface area contributed by atoms with Crippen LogP contribution in [0.3, 0.4) is 0 Å². The number of ether oxygens (including phenoxy) is 1. The lowest BCUT2D eigenvalue weighted by Gasteiger charge is -2.14. The van der Waals surface area contributed by atoms with Gasteiger partial charge in [-0.25, -0.2) is 0 Å². The summed E-state index contributed by atoms with van der Waals surface area (Å²) in [5.74, 6) is 1.60. The first kappa shape index (κ1) is 22.2. The highest BCUT2D eigenvalue weighted by molar-refractivity contribution is 7.99. The van der Waals surface area contributed by atoms with Crippen molar-refractivity contribution >= 4 is 35.0 Å². The molecule has 3 aromatic rings. The number of benzene rings is 2. The smallest absolute Gasteiger partial charge is 0.234 e. The largest absolute Gasteiger partial charge is 0.483 e. The Morgan fingerprint density at radius 3 is 2.63 bits per heavy atom. The molecule has 6 nitrogen and oxygen atoms in total. The van der Waals surface area contributed by atoms with Crippen molar-refractivity contribution < 1.29 is 9.53 Å². The summed E-state index contributed by atoms with van der Waals surface area (Å²) in [6, 6.07) is 13.4. The van der Waals surface area contributed by atoms with Gasteiger partial charge in [-0.1, -0.05) is 42.4 Å². The lowest BCUT2D eigenvalue weighted by molar-refractivity contribution is -0.113. The van der Waals surface area contributed by atoms with E-state index in [0.29, 0.717) is 16.0 Å². The molecule has 0 aliphatic carbocycles. The molecule has 0 fully saturated rings. The van der Waals surface area contributed by atoms with Crippen LogP contribution in [0.1, 0.15) is 36.9 Å².